The lowest BCUT2D eigenvalue weighted by Crippen LogP contribution is -2.52. The molecule has 2 bridgehead atoms. The molecule has 24 heavy (non-hydrogen) atoms. The minimum Gasteiger partial charge on any atom is -0.497 e. The summed E-state index contributed by atoms with van der Waals surface area (Å²) < 4.78 is 5.10. The zero-order valence-corrected chi connectivity index (χ0v) is 12.9. The molecule has 1 saturated heterocycles. The minimum absolute atomic E-state index is 0.0182. The highest BCUT2D eigenvalue weighted by Crippen LogP contribution is 2.62. The van der Waals surface area contributed by atoms with Crippen LogP contribution in [0.5, 0.6) is 5.75 Å². The molecule has 120 valence electrons. The Morgan fingerprint density at radius 2 is 1.83 bits per heavy atom. The molecule has 1 aromatic carbocycles. The number of methoxy groups -OCH3 is 1. The summed E-state index contributed by atoms with van der Waals surface area (Å²) in [5.74, 6) is -0.970. The molecule has 3 rings (SSSR count). The Morgan fingerprint density at radius 1 is 1.21 bits per heavy atom. The van der Waals surface area contributed by atoms with E-state index in [0.29, 0.717) is 11.3 Å². The Bertz CT molecular complexity index is 815. The van der Waals surface area contributed by atoms with Crippen molar-refractivity contribution in [2.75, 3.05) is 7.11 Å². The van der Waals surface area contributed by atoms with E-state index in [9.17, 15) is 25.7 Å². The summed E-state index contributed by atoms with van der Waals surface area (Å²) in [6.07, 6.45) is -0.293. The maximum absolute atomic E-state index is 12.4. The number of hydrogen-bond donors (Lipinski definition) is 2. The van der Waals surface area contributed by atoms with Gasteiger partial charge in [-0.1, -0.05) is 12.1 Å². The number of benzene rings is 1. The summed E-state index contributed by atoms with van der Waals surface area (Å²) in [6, 6.07) is 12.4. The zero-order valence-electron chi connectivity index (χ0n) is 12.9. The van der Waals surface area contributed by atoms with Crippen molar-refractivity contribution in [2.45, 2.75) is 24.5 Å². The van der Waals surface area contributed by atoms with Crippen LogP contribution in [0, 0.1) is 44.8 Å². The summed E-state index contributed by atoms with van der Waals surface area (Å²) in [5.41, 5.74) is -4.81. The predicted molar refractivity (Wildman–Crippen MR) is 79.8 cm³/mol. The number of nitrogens with zero attached hydrogens (tertiary/aromatic N) is 3. The molecule has 1 saturated carbocycles. The van der Waals surface area contributed by atoms with E-state index >= 15 is 0 Å². The second-order valence-electron chi connectivity index (χ2n) is 6.24. The first-order valence-corrected chi connectivity index (χ1v) is 7.33. The topological polar surface area (TPSA) is 130 Å². The van der Waals surface area contributed by atoms with E-state index in [0.717, 1.165) is 0 Å². The van der Waals surface area contributed by atoms with Crippen LogP contribution < -0.4 is 10.1 Å². The molecular weight excluding hydrogens is 308 g/mol. The number of rotatable bonds is 2. The molecule has 1 aromatic rings. The molecule has 2 fully saturated rings. The van der Waals surface area contributed by atoms with Crippen LogP contribution in [0.15, 0.2) is 24.3 Å². The van der Waals surface area contributed by atoms with Gasteiger partial charge in [0.2, 0.25) is 5.91 Å². The number of nitrogens with one attached hydrogen (secondary N) is 1. The van der Waals surface area contributed by atoms with Crippen LogP contribution in [0.3, 0.4) is 0 Å². The number of nitriles is 3. The zero-order chi connectivity index (χ0) is 17.6. The Morgan fingerprint density at radius 3 is 2.33 bits per heavy atom. The van der Waals surface area contributed by atoms with Crippen LogP contribution >= 0.6 is 0 Å². The summed E-state index contributed by atoms with van der Waals surface area (Å²) in [4.78, 5) is 12.4. The van der Waals surface area contributed by atoms with Crippen molar-refractivity contribution in [3.8, 4) is 24.0 Å². The van der Waals surface area contributed by atoms with Gasteiger partial charge in [0.1, 0.15) is 11.5 Å². The highest BCUT2D eigenvalue weighted by molar-refractivity contribution is 5.91. The van der Waals surface area contributed by atoms with E-state index in [-0.39, 0.29) is 12.8 Å². The van der Waals surface area contributed by atoms with Gasteiger partial charge in [-0.2, -0.15) is 15.8 Å². The molecule has 3 atom stereocenters. The molecule has 1 amide bonds. The second kappa shape index (κ2) is 4.96. The third kappa shape index (κ3) is 1.75. The Balaban J connectivity index is 2.22. The van der Waals surface area contributed by atoms with Crippen LogP contribution in [0.2, 0.25) is 0 Å². The first kappa shape index (κ1) is 15.8. The fraction of sp³-hybridized carbons (Fsp3) is 0.412. The van der Waals surface area contributed by atoms with Crippen molar-refractivity contribution in [3.05, 3.63) is 29.8 Å². The molecule has 2 aliphatic rings. The van der Waals surface area contributed by atoms with Crippen molar-refractivity contribution >= 4 is 5.91 Å². The average Bonchev–Trinajstić information content (AvgIpc) is 2.83. The number of carbonyl (C=O) groups is 1. The fourth-order valence-electron chi connectivity index (χ4n) is 3.87. The van der Waals surface area contributed by atoms with Crippen LogP contribution in [-0.2, 0) is 4.79 Å². The fourth-order valence-corrected chi connectivity index (χ4v) is 3.87. The maximum Gasteiger partial charge on any atom is 0.245 e. The number of amides is 1. The SMILES string of the molecule is COc1ccc([C@H]2C[C@]3(O)C[C@](C#N)(C(=O)N3)C2(C#N)C#N)cc1. The lowest BCUT2D eigenvalue weighted by atomic mass is 9.51. The Labute approximate surface area is 138 Å². The Hall–Kier alpha value is -3.08. The molecule has 1 aliphatic carbocycles. The van der Waals surface area contributed by atoms with Crippen LogP contribution in [0.1, 0.15) is 24.3 Å². The van der Waals surface area contributed by atoms with Gasteiger partial charge in [-0.3, -0.25) is 4.79 Å². The quantitative estimate of drug-likeness (QED) is 0.833. The minimum atomic E-state index is -1.91. The maximum atomic E-state index is 12.4. The summed E-state index contributed by atoms with van der Waals surface area (Å²) >= 11 is 0. The predicted octanol–water partition coefficient (Wildman–Crippen LogP) is 0.935. The largest absolute Gasteiger partial charge is 0.497 e. The highest BCUT2D eigenvalue weighted by Gasteiger charge is 2.73. The van der Waals surface area contributed by atoms with Gasteiger partial charge in [0, 0.05) is 18.8 Å². The molecule has 0 radical (unpaired) electrons. The van der Waals surface area contributed by atoms with Crippen molar-refractivity contribution in [3.63, 3.8) is 0 Å². The molecule has 1 heterocycles. The molecule has 0 unspecified atom stereocenters. The van der Waals surface area contributed by atoms with Gasteiger partial charge in [0.25, 0.3) is 0 Å². The van der Waals surface area contributed by atoms with Crippen LogP contribution in [-0.4, -0.2) is 23.8 Å². The van der Waals surface area contributed by atoms with Gasteiger partial charge in [-0.25, -0.2) is 0 Å². The summed E-state index contributed by atoms with van der Waals surface area (Å²) in [7, 11) is 1.51. The van der Waals surface area contributed by atoms with Crippen LogP contribution in [0.25, 0.3) is 0 Å². The van der Waals surface area contributed by atoms with E-state index in [2.05, 4.69) is 5.32 Å². The number of aliphatic hydroxyl groups is 1. The van der Waals surface area contributed by atoms with Gasteiger partial charge in [-0.05, 0) is 17.7 Å². The smallest absolute Gasteiger partial charge is 0.245 e. The van der Waals surface area contributed by atoms with Crippen molar-refractivity contribution in [1.82, 2.24) is 5.32 Å². The third-order valence-corrected chi connectivity index (χ3v) is 5.09. The average molecular weight is 322 g/mol. The molecular formula is C17H14N4O3. The standard InChI is InChI=1S/C17H14N4O3/c1-24-12-4-2-11(3-5-12)13-6-17(23)7-15(8-18,14(22)21-17)16(13,9-19)10-20/h2-5,13,23H,6-7H2,1H3,(H,21,22)/t13-,15+,17+/m1/s1. The third-order valence-electron chi connectivity index (χ3n) is 5.09. The summed E-state index contributed by atoms with van der Waals surface area (Å²) in [5, 5.41) is 42.2. The van der Waals surface area contributed by atoms with E-state index in [1.165, 1.54) is 7.11 Å². The van der Waals surface area contributed by atoms with Crippen molar-refractivity contribution in [2.24, 2.45) is 10.8 Å². The molecule has 0 spiro atoms. The number of hydrogen-bond acceptors (Lipinski definition) is 6. The van der Waals surface area contributed by atoms with Gasteiger partial charge in [0.15, 0.2) is 10.8 Å². The van der Waals surface area contributed by atoms with Crippen molar-refractivity contribution < 1.29 is 14.6 Å². The van der Waals surface area contributed by atoms with Crippen LogP contribution in [0.4, 0.5) is 0 Å². The molecule has 1 aliphatic heterocycles. The number of fused-ring (bicyclic) bond motifs is 2. The molecule has 7 heteroatoms. The van der Waals surface area contributed by atoms with Crippen molar-refractivity contribution in [1.29, 1.82) is 15.8 Å². The molecule has 7 nitrogen and oxygen atoms in total. The number of carbonyl (C=O) groups excluding carboxylic acids is 1. The van der Waals surface area contributed by atoms with E-state index in [1.54, 1.807) is 24.3 Å². The van der Waals surface area contributed by atoms with E-state index < -0.39 is 28.4 Å². The molecule has 2 N–H and O–H groups in total. The second-order valence-corrected chi connectivity index (χ2v) is 6.24. The normalized spacial score (nSPS) is 32.8. The Kier molecular flexibility index (Phi) is 3.27. The monoisotopic (exact) mass is 322 g/mol. The van der Waals surface area contributed by atoms with Gasteiger partial charge >= 0.3 is 0 Å². The highest BCUT2D eigenvalue weighted by atomic mass is 16.5. The first-order chi connectivity index (χ1) is 11.4. The van der Waals surface area contributed by atoms with E-state index in [4.69, 9.17) is 4.74 Å². The van der Waals surface area contributed by atoms with E-state index in [1.807, 2.05) is 18.2 Å². The molecule has 0 aromatic heterocycles. The van der Waals surface area contributed by atoms with Gasteiger partial charge < -0.3 is 15.2 Å². The van der Waals surface area contributed by atoms with Gasteiger partial charge in [-0.15, -0.1) is 0 Å². The first-order valence-electron chi connectivity index (χ1n) is 7.33. The lowest BCUT2D eigenvalue weighted by molar-refractivity contribution is -0.128. The lowest BCUT2D eigenvalue weighted by Gasteiger charge is -2.43. The number of ether oxygens (including phenoxy) is 1. The summed E-state index contributed by atoms with van der Waals surface area (Å²) in [6.45, 7) is 0. The van der Waals surface area contributed by atoms with Gasteiger partial charge in [0.05, 0.1) is 25.3 Å².